The average Bonchev–Trinajstić information content (AvgIpc) is 2.86. The highest BCUT2D eigenvalue weighted by Gasteiger charge is 2.30. The van der Waals surface area contributed by atoms with Crippen LogP contribution < -0.4 is 0 Å². The molecule has 2 nitrogen and oxygen atoms in total. The van der Waals surface area contributed by atoms with Gasteiger partial charge in [0.1, 0.15) is 11.3 Å². The number of alkyl halides is 3. The molecule has 0 saturated heterocycles. The number of allylic oxidation sites excluding steroid dienone is 3. The summed E-state index contributed by atoms with van der Waals surface area (Å²) >= 11 is 0. The van der Waals surface area contributed by atoms with Crippen LogP contribution in [0.5, 0.6) is 0 Å². The summed E-state index contributed by atoms with van der Waals surface area (Å²) in [6.07, 6.45) is 0.352. The molecule has 0 radical (unpaired) electrons. The van der Waals surface area contributed by atoms with Gasteiger partial charge in [-0.3, -0.25) is 4.99 Å². The summed E-state index contributed by atoms with van der Waals surface area (Å²) in [5.74, 6) is 0.544. The largest absolute Gasteiger partial charge is 0.460 e. The number of halogens is 3. The number of aliphatic imine (C=N–C) groups is 1. The zero-order valence-electron chi connectivity index (χ0n) is 14.5. The normalized spacial score (nSPS) is 13.0. The van der Waals surface area contributed by atoms with Crippen molar-refractivity contribution >= 4 is 22.8 Å². The Morgan fingerprint density at radius 2 is 2.00 bits per heavy atom. The van der Waals surface area contributed by atoms with Gasteiger partial charge in [-0.1, -0.05) is 30.9 Å². The van der Waals surface area contributed by atoms with E-state index in [-0.39, 0.29) is 0 Å². The fourth-order valence-electron chi connectivity index (χ4n) is 2.66. The molecule has 0 spiro atoms. The van der Waals surface area contributed by atoms with Crippen LogP contribution in [0.1, 0.15) is 29.4 Å². The molecule has 0 atom stereocenters. The van der Waals surface area contributed by atoms with E-state index >= 15 is 0 Å². The van der Waals surface area contributed by atoms with E-state index < -0.39 is 11.7 Å². The van der Waals surface area contributed by atoms with Gasteiger partial charge in [-0.15, -0.1) is 6.58 Å². The second-order valence-corrected chi connectivity index (χ2v) is 5.71. The molecule has 1 aromatic carbocycles. The molecule has 0 fully saturated rings. The van der Waals surface area contributed by atoms with Crippen molar-refractivity contribution in [1.29, 1.82) is 0 Å². The first-order chi connectivity index (χ1) is 11.7. The summed E-state index contributed by atoms with van der Waals surface area (Å²) in [5.41, 5.74) is 2.99. The van der Waals surface area contributed by atoms with Crippen LogP contribution in [0.2, 0.25) is 0 Å². The van der Waals surface area contributed by atoms with Gasteiger partial charge in [0.2, 0.25) is 0 Å². The molecule has 0 saturated carbocycles. The van der Waals surface area contributed by atoms with Gasteiger partial charge in [0.25, 0.3) is 0 Å². The van der Waals surface area contributed by atoms with Crippen molar-refractivity contribution in [2.24, 2.45) is 4.99 Å². The van der Waals surface area contributed by atoms with Crippen LogP contribution in [0.3, 0.4) is 0 Å². The van der Waals surface area contributed by atoms with E-state index in [1.807, 2.05) is 19.1 Å². The van der Waals surface area contributed by atoms with Crippen LogP contribution in [0.4, 0.5) is 13.2 Å². The molecule has 5 heteroatoms. The Kier molecular flexibility index (Phi) is 5.36. The van der Waals surface area contributed by atoms with E-state index in [0.717, 1.165) is 28.3 Å². The standard InChI is InChI=1S/C20H20F3NO/c1-6-7-15-9-11-17-16(10-8-12(2)20(21,22)23)14(4)25-19(17)18(15)13(3)24-5/h6,8-11H,1-2,7H2,3-5H3/b10-8-,24-13-. The Morgan fingerprint density at radius 3 is 2.56 bits per heavy atom. The van der Waals surface area contributed by atoms with Crippen molar-refractivity contribution in [2.45, 2.75) is 26.4 Å². The summed E-state index contributed by atoms with van der Waals surface area (Å²) < 4.78 is 43.8. The number of hydrogen-bond acceptors (Lipinski definition) is 2. The van der Waals surface area contributed by atoms with Crippen LogP contribution in [-0.2, 0) is 6.42 Å². The lowest BCUT2D eigenvalue weighted by atomic mass is 9.97. The third kappa shape index (κ3) is 3.76. The second-order valence-electron chi connectivity index (χ2n) is 5.71. The van der Waals surface area contributed by atoms with Crippen molar-refractivity contribution < 1.29 is 17.6 Å². The molecule has 0 N–H and O–H groups in total. The van der Waals surface area contributed by atoms with Crippen LogP contribution in [0, 0.1) is 6.92 Å². The lowest BCUT2D eigenvalue weighted by molar-refractivity contribution is -0.0877. The Bertz CT molecular complexity index is 882. The maximum absolute atomic E-state index is 12.6. The van der Waals surface area contributed by atoms with Gasteiger partial charge in [-0.05, 0) is 31.9 Å². The quantitative estimate of drug-likeness (QED) is 0.368. The first-order valence-electron chi connectivity index (χ1n) is 7.74. The van der Waals surface area contributed by atoms with E-state index in [1.165, 1.54) is 6.08 Å². The number of rotatable bonds is 5. The minimum atomic E-state index is -4.45. The molecule has 0 aliphatic carbocycles. The highest BCUT2D eigenvalue weighted by Crippen LogP contribution is 2.33. The van der Waals surface area contributed by atoms with Crippen molar-refractivity contribution in [2.75, 3.05) is 7.05 Å². The first kappa shape index (κ1) is 18.8. The molecule has 0 amide bonds. The molecule has 2 rings (SSSR count). The Morgan fingerprint density at radius 1 is 1.32 bits per heavy atom. The van der Waals surface area contributed by atoms with Crippen LogP contribution in [-0.4, -0.2) is 18.9 Å². The minimum absolute atomic E-state index is 0.544. The predicted molar refractivity (Wildman–Crippen MR) is 97.2 cm³/mol. The van der Waals surface area contributed by atoms with Crippen molar-refractivity contribution in [3.63, 3.8) is 0 Å². The van der Waals surface area contributed by atoms with Crippen LogP contribution >= 0.6 is 0 Å². The molecule has 1 heterocycles. The summed E-state index contributed by atoms with van der Waals surface area (Å²) in [6.45, 7) is 10.4. The van der Waals surface area contributed by atoms with Crippen molar-refractivity contribution in [3.05, 3.63) is 65.5 Å². The maximum atomic E-state index is 12.6. The molecule has 0 aliphatic heterocycles. The lowest BCUT2D eigenvalue weighted by Gasteiger charge is -2.08. The Hall–Kier alpha value is -2.56. The van der Waals surface area contributed by atoms with Gasteiger partial charge >= 0.3 is 6.18 Å². The zero-order valence-corrected chi connectivity index (χ0v) is 14.5. The summed E-state index contributed by atoms with van der Waals surface area (Å²) in [5, 5.41) is 0.745. The number of aryl methyl sites for hydroxylation is 1. The Labute approximate surface area is 145 Å². The lowest BCUT2D eigenvalue weighted by Crippen LogP contribution is -2.08. The van der Waals surface area contributed by atoms with E-state index in [2.05, 4.69) is 18.2 Å². The highest BCUT2D eigenvalue weighted by molar-refractivity contribution is 6.10. The van der Waals surface area contributed by atoms with E-state index in [0.29, 0.717) is 23.3 Å². The van der Waals surface area contributed by atoms with Crippen LogP contribution in [0.25, 0.3) is 17.0 Å². The van der Waals surface area contributed by atoms with Gasteiger partial charge in [0.15, 0.2) is 0 Å². The predicted octanol–water partition coefficient (Wildman–Crippen LogP) is 6.04. The number of benzene rings is 1. The fraction of sp³-hybridized carbons (Fsp3) is 0.250. The second kappa shape index (κ2) is 7.13. The third-order valence-electron chi connectivity index (χ3n) is 4.05. The number of furan rings is 1. The number of nitrogens with zero attached hydrogens (tertiary/aromatic N) is 1. The van der Waals surface area contributed by atoms with E-state index in [4.69, 9.17) is 4.42 Å². The molecule has 0 unspecified atom stereocenters. The molecule has 25 heavy (non-hydrogen) atoms. The Balaban J connectivity index is 2.66. The zero-order chi connectivity index (χ0) is 18.8. The van der Waals surface area contributed by atoms with E-state index in [1.54, 1.807) is 20.0 Å². The van der Waals surface area contributed by atoms with Gasteiger partial charge < -0.3 is 4.42 Å². The maximum Gasteiger partial charge on any atom is 0.415 e. The van der Waals surface area contributed by atoms with Crippen molar-refractivity contribution in [1.82, 2.24) is 0 Å². The molecule has 0 aliphatic rings. The van der Waals surface area contributed by atoms with Gasteiger partial charge in [-0.2, -0.15) is 13.2 Å². The SMILES string of the molecule is C=CCc1ccc2c(/C=C\C(=C)C(F)(F)F)c(C)oc2c1/C(C)=N\C. The van der Waals surface area contributed by atoms with Crippen LogP contribution in [0.15, 0.2) is 52.4 Å². The van der Waals surface area contributed by atoms with Crippen molar-refractivity contribution in [3.8, 4) is 0 Å². The third-order valence-corrected chi connectivity index (χ3v) is 4.05. The number of fused-ring (bicyclic) bond motifs is 1. The molecule has 1 aromatic heterocycles. The van der Waals surface area contributed by atoms with Gasteiger partial charge in [-0.25, -0.2) is 0 Å². The summed E-state index contributed by atoms with van der Waals surface area (Å²) in [6, 6.07) is 3.78. The smallest absolute Gasteiger partial charge is 0.415 e. The summed E-state index contributed by atoms with van der Waals surface area (Å²) in [7, 11) is 1.69. The molecular weight excluding hydrogens is 327 g/mol. The molecule has 0 bridgehead atoms. The number of hydrogen-bond donors (Lipinski definition) is 0. The average molecular weight is 347 g/mol. The molecule has 2 aromatic rings. The summed E-state index contributed by atoms with van der Waals surface area (Å²) in [4.78, 5) is 4.24. The molecule has 132 valence electrons. The van der Waals surface area contributed by atoms with Gasteiger partial charge in [0.05, 0.1) is 0 Å². The first-order valence-corrected chi connectivity index (χ1v) is 7.74. The highest BCUT2D eigenvalue weighted by atomic mass is 19.4. The van der Waals surface area contributed by atoms with E-state index in [9.17, 15) is 13.2 Å². The minimum Gasteiger partial charge on any atom is -0.460 e. The fourth-order valence-corrected chi connectivity index (χ4v) is 2.66. The van der Waals surface area contributed by atoms with Gasteiger partial charge in [0, 0.05) is 34.8 Å². The molecular formula is C20H20F3NO. The monoisotopic (exact) mass is 347 g/mol. The topological polar surface area (TPSA) is 25.5 Å².